The second-order valence-corrected chi connectivity index (χ2v) is 5.81. The van der Waals surface area contributed by atoms with Gasteiger partial charge in [-0.3, -0.25) is 0 Å². The lowest BCUT2D eigenvalue weighted by Crippen LogP contribution is -2.52. The molecule has 1 aromatic carbocycles. The number of aryl methyl sites for hydroxylation is 1. The Morgan fingerprint density at radius 2 is 2.09 bits per heavy atom. The predicted molar refractivity (Wildman–Crippen MR) is 85.1 cm³/mol. The second kappa shape index (κ2) is 6.32. The van der Waals surface area contributed by atoms with E-state index in [0.717, 1.165) is 36.8 Å². The van der Waals surface area contributed by atoms with Crippen molar-refractivity contribution < 1.29 is 9.84 Å². The van der Waals surface area contributed by atoms with Gasteiger partial charge in [-0.1, -0.05) is 18.2 Å². The van der Waals surface area contributed by atoms with Gasteiger partial charge in [-0.05, 0) is 38.0 Å². The number of benzene rings is 1. The Hall–Kier alpha value is -2.14. The zero-order valence-electron chi connectivity index (χ0n) is 12.8. The Morgan fingerprint density at radius 1 is 1.27 bits per heavy atom. The van der Waals surface area contributed by atoms with Gasteiger partial charge in [0.2, 0.25) is 0 Å². The Labute approximate surface area is 130 Å². The van der Waals surface area contributed by atoms with Crippen LogP contribution in [0.3, 0.4) is 0 Å². The summed E-state index contributed by atoms with van der Waals surface area (Å²) in [6.07, 6.45) is 3.41. The summed E-state index contributed by atoms with van der Waals surface area (Å²) >= 11 is 0. The van der Waals surface area contributed by atoms with Crippen molar-refractivity contribution >= 4 is 5.82 Å². The van der Waals surface area contributed by atoms with Gasteiger partial charge >= 0.3 is 0 Å². The topological polar surface area (TPSA) is 58.5 Å². The van der Waals surface area contributed by atoms with E-state index in [2.05, 4.69) is 14.9 Å². The third kappa shape index (κ3) is 3.54. The molecule has 1 aromatic heterocycles. The zero-order chi connectivity index (χ0) is 15.4. The van der Waals surface area contributed by atoms with Crippen LogP contribution in [-0.2, 0) is 0 Å². The van der Waals surface area contributed by atoms with Gasteiger partial charge in [0, 0.05) is 12.7 Å². The largest absolute Gasteiger partial charge is 0.491 e. The van der Waals surface area contributed by atoms with Crippen LogP contribution in [-0.4, -0.2) is 40.4 Å². The lowest BCUT2D eigenvalue weighted by atomic mass is 9.93. The molecule has 0 saturated carbocycles. The van der Waals surface area contributed by atoms with Crippen LogP contribution in [0.4, 0.5) is 5.82 Å². The van der Waals surface area contributed by atoms with Crippen molar-refractivity contribution in [1.29, 1.82) is 0 Å². The summed E-state index contributed by atoms with van der Waals surface area (Å²) < 4.78 is 5.75. The monoisotopic (exact) mass is 299 g/mol. The minimum absolute atomic E-state index is 0.289. The summed E-state index contributed by atoms with van der Waals surface area (Å²) in [4.78, 5) is 10.7. The Morgan fingerprint density at radius 3 is 2.86 bits per heavy atom. The molecule has 5 heteroatoms. The van der Waals surface area contributed by atoms with Crippen LogP contribution in [0, 0.1) is 6.92 Å². The first-order chi connectivity index (χ1) is 10.6. The first-order valence-corrected chi connectivity index (χ1v) is 7.59. The van der Waals surface area contributed by atoms with Crippen molar-refractivity contribution in [2.75, 3.05) is 24.6 Å². The molecule has 1 unspecified atom stereocenters. The molecule has 1 atom stereocenters. The predicted octanol–water partition coefficient (Wildman–Crippen LogP) is 2.20. The molecule has 1 aliphatic rings. The SMILES string of the molecule is Cc1nccc(N2CCCC(O)(COc3ccccc3)C2)n1. The van der Waals surface area contributed by atoms with E-state index < -0.39 is 5.60 Å². The Balaban J connectivity index is 1.66. The van der Waals surface area contributed by atoms with E-state index in [9.17, 15) is 5.11 Å². The van der Waals surface area contributed by atoms with Gasteiger partial charge in [-0.2, -0.15) is 0 Å². The van der Waals surface area contributed by atoms with Crippen molar-refractivity contribution in [2.45, 2.75) is 25.4 Å². The van der Waals surface area contributed by atoms with Crippen LogP contribution in [0.2, 0.25) is 0 Å². The van der Waals surface area contributed by atoms with E-state index in [1.165, 1.54) is 0 Å². The van der Waals surface area contributed by atoms with Crippen molar-refractivity contribution in [3.8, 4) is 5.75 Å². The first kappa shape index (κ1) is 14.8. The third-order valence-corrected chi connectivity index (χ3v) is 3.89. The molecule has 1 aliphatic heterocycles. The van der Waals surface area contributed by atoms with Crippen molar-refractivity contribution in [3.05, 3.63) is 48.4 Å². The standard InChI is InChI=1S/C17H21N3O2/c1-14-18-10-8-16(19-14)20-11-5-9-17(21,12-20)13-22-15-6-3-2-4-7-15/h2-4,6-8,10,21H,5,9,11-13H2,1H3. The quantitative estimate of drug-likeness (QED) is 0.938. The second-order valence-electron chi connectivity index (χ2n) is 5.81. The molecule has 3 rings (SSSR count). The van der Waals surface area contributed by atoms with Gasteiger partial charge < -0.3 is 14.7 Å². The van der Waals surface area contributed by atoms with Crippen LogP contribution >= 0.6 is 0 Å². The minimum atomic E-state index is -0.854. The van der Waals surface area contributed by atoms with E-state index in [1.54, 1.807) is 6.20 Å². The number of hydrogen-bond donors (Lipinski definition) is 1. The van der Waals surface area contributed by atoms with Gasteiger partial charge in [-0.25, -0.2) is 9.97 Å². The molecule has 1 N–H and O–H groups in total. The first-order valence-electron chi connectivity index (χ1n) is 7.59. The number of β-amino-alcohol motifs (C(OH)–C–C–N with tert-alkyl or cyclic N) is 1. The van der Waals surface area contributed by atoms with Gasteiger partial charge in [0.1, 0.15) is 29.6 Å². The van der Waals surface area contributed by atoms with E-state index in [1.807, 2.05) is 43.3 Å². The lowest BCUT2D eigenvalue weighted by molar-refractivity contribution is -0.0156. The van der Waals surface area contributed by atoms with E-state index in [4.69, 9.17) is 4.74 Å². The number of para-hydroxylation sites is 1. The summed E-state index contributed by atoms with van der Waals surface area (Å²) in [6.45, 7) is 3.58. The van der Waals surface area contributed by atoms with E-state index >= 15 is 0 Å². The maximum absolute atomic E-state index is 10.8. The van der Waals surface area contributed by atoms with E-state index in [0.29, 0.717) is 6.54 Å². The highest BCUT2D eigenvalue weighted by molar-refractivity contribution is 5.39. The average molecular weight is 299 g/mol. The fourth-order valence-electron chi connectivity index (χ4n) is 2.78. The molecular weight excluding hydrogens is 278 g/mol. The highest BCUT2D eigenvalue weighted by atomic mass is 16.5. The molecule has 5 nitrogen and oxygen atoms in total. The molecule has 0 spiro atoms. The van der Waals surface area contributed by atoms with Crippen molar-refractivity contribution in [2.24, 2.45) is 0 Å². The smallest absolute Gasteiger partial charge is 0.132 e. The molecule has 0 aliphatic carbocycles. The number of aromatic nitrogens is 2. The fourth-order valence-corrected chi connectivity index (χ4v) is 2.78. The number of aliphatic hydroxyl groups is 1. The number of piperidine rings is 1. The normalized spacial score (nSPS) is 21.6. The average Bonchev–Trinajstić information content (AvgIpc) is 2.54. The molecule has 1 saturated heterocycles. The van der Waals surface area contributed by atoms with Crippen molar-refractivity contribution in [3.63, 3.8) is 0 Å². The Bertz CT molecular complexity index is 620. The molecule has 2 heterocycles. The molecule has 0 radical (unpaired) electrons. The van der Waals surface area contributed by atoms with Crippen LogP contribution in [0.15, 0.2) is 42.6 Å². The maximum Gasteiger partial charge on any atom is 0.132 e. The molecule has 22 heavy (non-hydrogen) atoms. The molecule has 0 amide bonds. The molecule has 1 fully saturated rings. The maximum atomic E-state index is 10.8. The third-order valence-electron chi connectivity index (χ3n) is 3.89. The van der Waals surface area contributed by atoms with Crippen LogP contribution in [0.1, 0.15) is 18.7 Å². The van der Waals surface area contributed by atoms with E-state index in [-0.39, 0.29) is 6.61 Å². The molecule has 2 aromatic rings. The minimum Gasteiger partial charge on any atom is -0.491 e. The number of rotatable bonds is 4. The molecule has 0 bridgehead atoms. The highest BCUT2D eigenvalue weighted by Crippen LogP contribution is 2.25. The Kier molecular flexibility index (Phi) is 4.24. The molecular formula is C17H21N3O2. The summed E-state index contributed by atoms with van der Waals surface area (Å²) in [7, 11) is 0. The molecule has 116 valence electrons. The zero-order valence-corrected chi connectivity index (χ0v) is 12.8. The number of ether oxygens (including phenoxy) is 1. The summed E-state index contributed by atoms with van der Waals surface area (Å²) in [5.41, 5.74) is -0.854. The fraction of sp³-hybridized carbons (Fsp3) is 0.412. The van der Waals surface area contributed by atoms with Gasteiger partial charge in [0.25, 0.3) is 0 Å². The van der Waals surface area contributed by atoms with Gasteiger partial charge in [0.05, 0.1) is 6.54 Å². The van der Waals surface area contributed by atoms with Gasteiger partial charge in [0.15, 0.2) is 0 Å². The van der Waals surface area contributed by atoms with Crippen molar-refractivity contribution in [1.82, 2.24) is 9.97 Å². The number of hydrogen-bond acceptors (Lipinski definition) is 5. The number of anilines is 1. The van der Waals surface area contributed by atoms with Crippen LogP contribution in [0.5, 0.6) is 5.75 Å². The summed E-state index contributed by atoms with van der Waals surface area (Å²) in [6, 6.07) is 11.5. The van der Waals surface area contributed by atoms with Crippen LogP contribution in [0.25, 0.3) is 0 Å². The van der Waals surface area contributed by atoms with Gasteiger partial charge in [-0.15, -0.1) is 0 Å². The lowest BCUT2D eigenvalue weighted by Gasteiger charge is -2.39. The highest BCUT2D eigenvalue weighted by Gasteiger charge is 2.34. The van der Waals surface area contributed by atoms with Crippen LogP contribution < -0.4 is 9.64 Å². The summed E-state index contributed by atoms with van der Waals surface area (Å²) in [5.74, 6) is 2.39. The number of nitrogens with zero attached hydrogens (tertiary/aromatic N) is 3. The summed E-state index contributed by atoms with van der Waals surface area (Å²) in [5, 5.41) is 10.8.